The van der Waals surface area contributed by atoms with E-state index in [-0.39, 0.29) is 0 Å². The maximum absolute atomic E-state index is 3.84. The molecular weight excluding hydrogens is 126 g/mol. The molecule has 0 aliphatic carbocycles. The normalized spacial score (nSPS) is 8.10. The van der Waals surface area contributed by atoms with Crippen molar-refractivity contribution in [2.45, 2.75) is 13.3 Å². The summed E-state index contributed by atoms with van der Waals surface area (Å²) in [5.41, 5.74) is 0. The van der Waals surface area contributed by atoms with Crippen LogP contribution in [-0.2, 0) is 0 Å². The maximum atomic E-state index is 3.84. The van der Waals surface area contributed by atoms with Gasteiger partial charge in [-0.05, 0) is 18.1 Å². The topological polar surface area (TPSA) is 38.5 Å². The molecule has 0 aromatic heterocycles. The first kappa shape index (κ1) is 9.12. The molecule has 0 saturated heterocycles. The van der Waals surface area contributed by atoms with E-state index in [9.17, 15) is 0 Å². The lowest BCUT2D eigenvalue weighted by atomic mass is 10.4. The van der Waals surface area contributed by atoms with Crippen molar-refractivity contribution in [2.75, 3.05) is 19.6 Å². The van der Waals surface area contributed by atoms with Gasteiger partial charge in [-0.3, -0.25) is 0 Å². The minimum absolute atomic E-state index is 0.784. The number of aliphatic imine (C=N–C) groups is 1. The summed E-state index contributed by atoms with van der Waals surface area (Å²) in [6, 6.07) is 2.44. The summed E-state index contributed by atoms with van der Waals surface area (Å²) in [7, 11) is 0. The van der Waals surface area contributed by atoms with Gasteiger partial charge in [0.25, 0.3) is 0 Å². The second-order valence-electron chi connectivity index (χ2n) is 1.85. The Hall–Kier alpha value is -0.880. The van der Waals surface area contributed by atoms with Crippen LogP contribution >= 0.6 is 0 Å². The van der Waals surface area contributed by atoms with Crippen LogP contribution in [-0.4, -0.2) is 32.4 Å². The van der Waals surface area contributed by atoms with Crippen molar-refractivity contribution in [3.63, 3.8) is 0 Å². The molecular formula is C7H14N3+. The zero-order chi connectivity index (χ0) is 7.66. The van der Waals surface area contributed by atoms with Gasteiger partial charge in [0.15, 0.2) is 6.72 Å². The van der Waals surface area contributed by atoms with Gasteiger partial charge in [-0.2, -0.15) is 4.67 Å². The molecule has 56 valence electrons. The molecule has 0 radical (unpaired) electrons. The molecule has 0 spiro atoms. The second-order valence-corrected chi connectivity index (χ2v) is 1.85. The van der Waals surface area contributed by atoms with E-state index in [1.165, 1.54) is 0 Å². The first-order valence-electron chi connectivity index (χ1n) is 3.49. The number of hydrogen-bond donors (Lipinski definition) is 1. The summed E-state index contributed by atoms with van der Waals surface area (Å²) < 4.78 is 3.37. The van der Waals surface area contributed by atoms with Crippen molar-refractivity contribution in [3.8, 4) is 0 Å². The molecule has 0 amide bonds. The molecule has 0 rings (SSSR count). The van der Waals surface area contributed by atoms with E-state index in [1.807, 2.05) is 0 Å². The van der Waals surface area contributed by atoms with E-state index in [1.54, 1.807) is 0 Å². The van der Waals surface area contributed by atoms with Gasteiger partial charge < -0.3 is 5.32 Å². The van der Waals surface area contributed by atoms with Crippen LogP contribution in [0.3, 0.4) is 0 Å². The van der Waals surface area contributed by atoms with Crippen molar-refractivity contribution < 1.29 is 0 Å². The lowest BCUT2D eigenvalue weighted by molar-refractivity contribution is 0.680. The van der Waals surface area contributed by atoms with Crippen molar-refractivity contribution in [2.24, 2.45) is 4.99 Å². The Bertz CT molecular complexity index is 141. The summed E-state index contributed by atoms with van der Waals surface area (Å²) in [6.45, 7) is 8.13. The lowest BCUT2D eigenvalue weighted by Gasteiger charge is -1.93. The highest BCUT2D eigenvalue weighted by Crippen LogP contribution is 1.75. The van der Waals surface area contributed by atoms with Crippen LogP contribution in [0.2, 0.25) is 0 Å². The first-order valence-corrected chi connectivity index (χ1v) is 3.49. The Morgan fingerprint density at radius 3 is 3.10 bits per heavy atom. The largest absolute Gasteiger partial charge is 0.422 e. The minimum atomic E-state index is 0.784. The second kappa shape index (κ2) is 8.12. The molecule has 0 atom stereocenters. The third-order valence-electron chi connectivity index (χ3n) is 1.01. The molecule has 3 heteroatoms. The average molecular weight is 140 g/mol. The van der Waals surface area contributed by atoms with Crippen molar-refractivity contribution in [1.29, 1.82) is 0 Å². The fourth-order valence-electron chi connectivity index (χ4n) is 0.560. The molecule has 0 fully saturated rings. The van der Waals surface area contributed by atoms with Crippen LogP contribution in [0.25, 0.3) is 0 Å². The van der Waals surface area contributed by atoms with Gasteiger partial charge in [0.05, 0.1) is 0 Å². The van der Waals surface area contributed by atoms with Crippen LogP contribution in [0.1, 0.15) is 13.3 Å². The predicted molar refractivity (Wildman–Crippen MR) is 44.7 cm³/mol. The molecule has 0 aliphatic rings. The third-order valence-corrected chi connectivity index (χ3v) is 1.01. The van der Waals surface area contributed by atoms with Crippen LogP contribution < -0.4 is 9.98 Å². The molecule has 0 aliphatic heterocycles. The molecule has 3 nitrogen and oxygen atoms in total. The lowest BCUT2D eigenvalue weighted by Crippen LogP contribution is -2.14. The van der Waals surface area contributed by atoms with Crippen molar-refractivity contribution >= 4 is 12.7 Å². The van der Waals surface area contributed by atoms with E-state index in [0.29, 0.717) is 0 Å². The summed E-state index contributed by atoms with van der Waals surface area (Å²) >= 11 is 0. The molecule has 1 N–H and O–H groups in total. The van der Waals surface area contributed by atoms with Crippen molar-refractivity contribution in [1.82, 2.24) is 9.98 Å². The van der Waals surface area contributed by atoms with Gasteiger partial charge in [-0.25, -0.2) is 0 Å². The van der Waals surface area contributed by atoms with Crippen molar-refractivity contribution in [3.05, 3.63) is 0 Å². The van der Waals surface area contributed by atoms with Gasteiger partial charge in [0.2, 0.25) is 0 Å². The quantitative estimate of drug-likeness (QED) is 0.324. The highest BCUT2D eigenvalue weighted by Gasteiger charge is 1.86. The van der Waals surface area contributed by atoms with Crippen LogP contribution in [0.15, 0.2) is 4.99 Å². The molecule has 0 heterocycles. The smallest absolute Gasteiger partial charge is 0.317 e. The number of nitrogens with zero attached hydrogens (tertiary/aromatic N) is 2. The van der Waals surface area contributed by atoms with Gasteiger partial charge in [0.1, 0.15) is 6.54 Å². The summed E-state index contributed by atoms with van der Waals surface area (Å²) in [5, 5.41) is 3.19. The summed E-state index contributed by atoms with van der Waals surface area (Å²) in [4.78, 5) is 3.84. The van der Waals surface area contributed by atoms with E-state index in [4.69, 9.17) is 0 Å². The molecule has 10 heavy (non-hydrogen) atoms. The first-order chi connectivity index (χ1) is 4.91. The van der Waals surface area contributed by atoms with Gasteiger partial charge in [-0.1, -0.05) is 6.92 Å². The Labute approximate surface area is 61.6 Å². The molecule has 0 unspecified atom stereocenters. The van der Waals surface area contributed by atoms with Gasteiger partial charge in [0, 0.05) is 6.42 Å². The molecule has 0 aromatic carbocycles. The predicted octanol–water partition coefficient (Wildman–Crippen LogP) is -0.0723. The third kappa shape index (κ3) is 7.12. The van der Waals surface area contributed by atoms with E-state index < -0.39 is 0 Å². The standard InChI is InChI=1S/C7H14N3/c1-3-9-5-4-6-10-7-8-2/h9H,2-6H2,1H3/q+1. The Morgan fingerprint density at radius 2 is 2.50 bits per heavy atom. The fourth-order valence-corrected chi connectivity index (χ4v) is 0.560. The van der Waals surface area contributed by atoms with Crippen LogP contribution in [0.4, 0.5) is 0 Å². The Morgan fingerprint density at radius 1 is 1.70 bits per heavy atom. The Balaban J connectivity index is 3.05. The van der Waals surface area contributed by atoms with E-state index in [0.717, 1.165) is 26.1 Å². The number of nitrogens with one attached hydrogen (secondary N) is 1. The fraction of sp³-hybridized carbons (Fsp3) is 0.714. The van der Waals surface area contributed by atoms with E-state index in [2.05, 4.69) is 34.6 Å². The minimum Gasteiger partial charge on any atom is -0.317 e. The zero-order valence-corrected chi connectivity index (χ0v) is 6.43. The van der Waals surface area contributed by atoms with Gasteiger partial charge in [-0.15, -0.1) is 0 Å². The highest BCUT2D eigenvalue weighted by molar-refractivity contribution is 5.44. The number of rotatable bonds is 5. The molecule has 0 saturated carbocycles. The maximum Gasteiger partial charge on any atom is 0.422 e. The SMILES string of the molecule is C=[N+]=C=NCCCNCC. The molecule has 0 aromatic rings. The monoisotopic (exact) mass is 140 g/mol. The zero-order valence-electron chi connectivity index (χ0n) is 6.43. The van der Waals surface area contributed by atoms with Gasteiger partial charge >= 0.3 is 6.01 Å². The highest BCUT2D eigenvalue weighted by atomic mass is 14.8. The average Bonchev–Trinajstić information content (AvgIpc) is 1.97. The van der Waals surface area contributed by atoms with Crippen LogP contribution in [0.5, 0.6) is 0 Å². The van der Waals surface area contributed by atoms with E-state index >= 15 is 0 Å². The number of hydrogen-bond acceptors (Lipinski definition) is 2. The summed E-state index contributed by atoms with van der Waals surface area (Å²) in [5.74, 6) is 0. The van der Waals surface area contributed by atoms with Crippen LogP contribution in [0, 0.1) is 0 Å². The summed E-state index contributed by atoms with van der Waals surface area (Å²) in [6.07, 6.45) is 1.04. The molecule has 0 bridgehead atoms. The Kier molecular flexibility index (Phi) is 7.41.